The molecule has 144 valence electrons. The second kappa shape index (κ2) is 13.0. The maximum atomic E-state index is 13.4. The van der Waals surface area contributed by atoms with E-state index >= 15 is 0 Å². The molecule has 6 heteroatoms. The van der Waals surface area contributed by atoms with Gasteiger partial charge in [0.15, 0.2) is 6.29 Å². The minimum atomic E-state index is -1.19. The van der Waals surface area contributed by atoms with E-state index in [1.54, 1.807) is 0 Å². The summed E-state index contributed by atoms with van der Waals surface area (Å²) in [7, 11) is 0. The quantitative estimate of drug-likeness (QED) is 0.517. The Morgan fingerprint density at radius 2 is 1.25 bits per heavy atom. The summed E-state index contributed by atoms with van der Waals surface area (Å²) in [5.74, 6) is 0. The molecular formula is C18H35FO5. The predicted octanol–water partition coefficient (Wildman–Crippen LogP) is 3.23. The number of hydrogen-bond acceptors (Lipinski definition) is 5. The molecule has 1 N–H and O–H groups in total. The molecule has 5 atom stereocenters. The van der Waals surface area contributed by atoms with E-state index in [2.05, 4.69) is 20.8 Å². The van der Waals surface area contributed by atoms with Crippen LogP contribution in [0.25, 0.3) is 0 Å². The van der Waals surface area contributed by atoms with Gasteiger partial charge in [0, 0.05) is 19.8 Å². The maximum absolute atomic E-state index is 13.4. The molecular weight excluding hydrogens is 315 g/mol. The fraction of sp³-hybridized carbons (Fsp3) is 1.00. The van der Waals surface area contributed by atoms with Crippen molar-refractivity contribution in [1.29, 1.82) is 0 Å². The van der Waals surface area contributed by atoms with Gasteiger partial charge in [-0.1, -0.05) is 40.0 Å². The van der Waals surface area contributed by atoms with Gasteiger partial charge in [-0.3, -0.25) is 0 Å². The Labute approximate surface area is 145 Å². The minimum Gasteiger partial charge on any atom is -0.373 e. The molecule has 0 aromatic carbocycles. The summed E-state index contributed by atoms with van der Waals surface area (Å²) < 4.78 is 36.4. The lowest BCUT2D eigenvalue weighted by Gasteiger charge is -2.43. The van der Waals surface area contributed by atoms with E-state index in [1.807, 2.05) is 0 Å². The smallest absolute Gasteiger partial charge is 0.184 e. The number of alkyl halides is 1. The van der Waals surface area contributed by atoms with Crippen LogP contribution in [0.1, 0.15) is 59.3 Å². The zero-order chi connectivity index (χ0) is 17.8. The maximum Gasteiger partial charge on any atom is 0.184 e. The van der Waals surface area contributed by atoms with E-state index in [9.17, 15) is 9.50 Å². The average molecular weight is 350 g/mol. The number of unbranched alkanes of at least 4 members (excludes halogenated alkanes) is 3. The number of aliphatic hydroxyl groups excluding tert-OH is 1. The second-order valence-electron chi connectivity index (χ2n) is 6.29. The van der Waals surface area contributed by atoms with Crippen LogP contribution in [0.5, 0.6) is 0 Å². The highest BCUT2D eigenvalue weighted by Gasteiger charge is 2.47. The minimum absolute atomic E-state index is 0.511. The van der Waals surface area contributed by atoms with Gasteiger partial charge in [-0.15, -0.1) is 0 Å². The summed E-state index contributed by atoms with van der Waals surface area (Å²) in [5.41, 5.74) is 0. The molecule has 0 aromatic heterocycles. The molecule has 1 fully saturated rings. The van der Waals surface area contributed by atoms with Crippen LogP contribution in [-0.4, -0.2) is 62.3 Å². The number of ether oxygens (including phenoxy) is 4. The molecule has 1 saturated heterocycles. The van der Waals surface area contributed by atoms with Gasteiger partial charge in [-0.25, -0.2) is 4.39 Å². The number of rotatable bonds is 13. The number of halogens is 1. The highest BCUT2D eigenvalue weighted by Crippen LogP contribution is 2.28. The van der Waals surface area contributed by atoms with E-state index < -0.39 is 37.4 Å². The summed E-state index contributed by atoms with van der Waals surface area (Å²) in [5, 5.41) is 10.2. The van der Waals surface area contributed by atoms with E-state index in [0.717, 1.165) is 38.5 Å². The van der Waals surface area contributed by atoms with Crippen LogP contribution in [-0.2, 0) is 18.9 Å². The SMILES string of the molecule is CCCCO[C@@H]1[C@H](OCCCC)[C@@H](O)O[C@H](CF)[C@H]1OCCCC. The van der Waals surface area contributed by atoms with Crippen LogP contribution in [0.15, 0.2) is 0 Å². The number of aliphatic hydroxyl groups is 1. The van der Waals surface area contributed by atoms with Gasteiger partial charge in [0.25, 0.3) is 0 Å². The Kier molecular flexibility index (Phi) is 11.8. The van der Waals surface area contributed by atoms with E-state index in [1.165, 1.54) is 0 Å². The molecule has 5 nitrogen and oxygen atoms in total. The molecule has 1 rings (SSSR count). The number of hydrogen-bond donors (Lipinski definition) is 1. The van der Waals surface area contributed by atoms with Gasteiger partial charge in [-0.05, 0) is 19.3 Å². The lowest BCUT2D eigenvalue weighted by atomic mass is 9.98. The first-order valence-electron chi connectivity index (χ1n) is 9.43. The lowest BCUT2D eigenvalue weighted by molar-refractivity contribution is -0.308. The Morgan fingerprint density at radius 1 is 0.792 bits per heavy atom. The molecule has 0 amide bonds. The highest BCUT2D eigenvalue weighted by atomic mass is 19.1. The molecule has 0 aliphatic carbocycles. The summed E-state index contributed by atoms with van der Waals surface area (Å²) in [4.78, 5) is 0. The van der Waals surface area contributed by atoms with Crippen LogP contribution in [0, 0.1) is 0 Å². The van der Waals surface area contributed by atoms with Crippen LogP contribution in [0.4, 0.5) is 4.39 Å². The molecule has 1 heterocycles. The molecule has 0 unspecified atom stereocenters. The first-order chi connectivity index (χ1) is 11.7. The molecule has 0 saturated carbocycles. The van der Waals surface area contributed by atoms with Crippen molar-refractivity contribution in [3.63, 3.8) is 0 Å². The van der Waals surface area contributed by atoms with E-state index in [4.69, 9.17) is 18.9 Å². The standard InChI is InChI=1S/C18H35FO5/c1-4-7-10-21-15-14(13-19)24-18(20)17(23-12-9-6-3)16(15)22-11-8-5-2/h14-18,20H,4-13H2,1-3H3/t14-,15-,16+,17+,18+/m1/s1. The molecule has 1 aliphatic heterocycles. The lowest BCUT2D eigenvalue weighted by Crippen LogP contribution is -2.61. The van der Waals surface area contributed by atoms with Gasteiger partial charge < -0.3 is 24.1 Å². The normalized spacial score (nSPS) is 30.6. The van der Waals surface area contributed by atoms with Crippen molar-refractivity contribution in [1.82, 2.24) is 0 Å². The van der Waals surface area contributed by atoms with Crippen molar-refractivity contribution in [2.75, 3.05) is 26.5 Å². The largest absolute Gasteiger partial charge is 0.373 e. The molecule has 24 heavy (non-hydrogen) atoms. The highest BCUT2D eigenvalue weighted by molar-refractivity contribution is 4.92. The Morgan fingerprint density at radius 3 is 1.71 bits per heavy atom. The van der Waals surface area contributed by atoms with Crippen LogP contribution in [0.2, 0.25) is 0 Å². The van der Waals surface area contributed by atoms with E-state index in [0.29, 0.717) is 19.8 Å². The van der Waals surface area contributed by atoms with Crippen molar-refractivity contribution >= 4 is 0 Å². The van der Waals surface area contributed by atoms with Crippen LogP contribution in [0.3, 0.4) is 0 Å². The van der Waals surface area contributed by atoms with Crippen molar-refractivity contribution in [3.8, 4) is 0 Å². The zero-order valence-electron chi connectivity index (χ0n) is 15.4. The first-order valence-corrected chi connectivity index (χ1v) is 9.43. The van der Waals surface area contributed by atoms with Gasteiger partial charge >= 0.3 is 0 Å². The van der Waals surface area contributed by atoms with E-state index in [-0.39, 0.29) is 0 Å². The average Bonchev–Trinajstić information content (AvgIpc) is 2.58. The first kappa shape index (κ1) is 21.8. The summed E-state index contributed by atoms with van der Waals surface area (Å²) in [6.45, 7) is 7.07. The third kappa shape index (κ3) is 6.92. The van der Waals surface area contributed by atoms with Crippen LogP contribution < -0.4 is 0 Å². The molecule has 0 bridgehead atoms. The Hall–Kier alpha value is -0.270. The third-order valence-corrected chi connectivity index (χ3v) is 4.19. The van der Waals surface area contributed by atoms with Crippen molar-refractivity contribution in [3.05, 3.63) is 0 Å². The van der Waals surface area contributed by atoms with Gasteiger partial charge in [0.1, 0.15) is 31.1 Å². The van der Waals surface area contributed by atoms with Crippen LogP contribution >= 0.6 is 0 Å². The Balaban J connectivity index is 2.79. The Bertz CT molecular complexity index is 305. The van der Waals surface area contributed by atoms with Gasteiger partial charge in [-0.2, -0.15) is 0 Å². The van der Waals surface area contributed by atoms with Gasteiger partial charge in [0.2, 0.25) is 0 Å². The molecule has 0 aromatic rings. The molecule has 0 spiro atoms. The van der Waals surface area contributed by atoms with Gasteiger partial charge in [0.05, 0.1) is 0 Å². The zero-order valence-corrected chi connectivity index (χ0v) is 15.4. The predicted molar refractivity (Wildman–Crippen MR) is 90.8 cm³/mol. The molecule has 1 aliphatic rings. The summed E-state index contributed by atoms with van der Waals surface area (Å²) in [6.07, 6.45) is 1.92. The summed E-state index contributed by atoms with van der Waals surface area (Å²) in [6, 6.07) is 0. The molecule has 0 radical (unpaired) electrons. The van der Waals surface area contributed by atoms with Crippen molar-refractivity contribution < 1.29 is 28.4 Å². The summed E-state index contributed by atoms with van der Waals surface area (Å²) >= 11 is 0. The van der Waals surface area contributed by atoms with Crippen molar-refractivity contribution in [2.24, 2.45) is 0 Å². The van der Waals surface area contributed by atoms with Crippen molar-refractivity contribution in [2.45, 2.75) is 90.0 Å². The fourth-order valence-corrected chi connectivity index (χ4v) is 2.68. The third-order valence-electron chi connectivity index (χ3n) is 4.19. The fourth-order valence-electron chi connectivity index (χ4n) is 2.68. The monoisotopic (exact) mass is 350 g/mol. The topological polar surface area (TPSA) is 57.2 Å². The second-order valence-corrected chi connectivity index (χ2v) is 6.29.